The molecule has 0 saturated heterocycles. The van der Waals surface area contributed by atoms with Crippen molar-refractivity contribution in [1.82, 2.24) is 0 Å². The van der Waals surface area contributed by atoms with Crippen LogP contribution in [0.5, 0.6) is 0 Å². The number of hydrogen-bond donors (Lipinski definition) is 1. The van der Waals surface area contributed by atoms with E-state index in [0.29, 0.717) is 12.2 Å². The molecule has 0 aliphatic rings. The molecule has 0 radical (unpaired) electrons. The molecule has 0 fully saturated rings. The standard InChI is InChI=1S/C8H8N2O.ClH/c9-5-7-2-1-3-8(4-7)6-11-10;/h1-4H,6,10H2;1H. The highest BCUT2D eigenvalue weighted by Crippen LogP contribution is 2.03. The summed E-state index contributed by atoms with van der Waals surface area (Å²) in [5.41, 5.74) is 1.53. The molecule has 0 aromatic heterocycles. The van der Waals surface area contributed by atoms with Crippen LogP contribution in [0.1, 0.15) is 11.1 Å². The molecule has 64 valence electrons. The van der Waals surface area contributed by atoms with Crippen molar-refractivity contribution < 1.29 is 4.84 Å². The smallest absolute Gasteiger partial charge is 0.0991 e. The Bertz CT molecular complexity index is 283. The third-order valence-corrected chi connectivity index (χ3v) is 1.31. The fraction of sp³-hybridized carbons (Fsp3) is 0.125. The highest BCUT2D eigenvalue weighted by molar-refractivity contribution is 5.85. The van der Waals surface area contributed by atoms with Crippen molar-refractivity contribution in [2.24, 2.45) is 5.90 Å². The third-order valence-electron chi connectivity index (χ3n) is 1.31. The first-order chi connectivity index (χ1) is 5.36. The largest absolute Gasteiger partial charge is 0.300 e. The van der Waals surface area contributed by atoms with E-state index >= 15 is 0 Å². The molecule has 0 unspecified atom stereocenters. The van der Waals surface area contributed by atoms with Crippen LogP contribution in [0, 0.1) is 11.3 Å². The summed E-state index contributed by atoms with van der Waals surface area (Å²) in [6, 6.07) is 9.16. The van der Waals surface area contributed by atoms with E-state index in [2.05, 4.69) is 4.84 Å². The first-order valence-corrected chi connectivity index (χ1v) is 3.17. The highest BCUT2D eigenvalue weighted by Gasteiger charge is 1.92. The van der Waals surface area contributed by atoms with Gasteiger partial charge < -0.3 is 0 Å². The van der Waals surface area contributed by atoms with Gasteiger partial charge in [-0.3, -0.25) is 4.84 Å². The summed E-state index contributed by atoms with van der Waals surface area (Å²) in [5, 5.41) is 8.51. The molecular weight excluding hydrogens is 176 g/mol. The molecule has 1 aromatic rings. The molecule has 4 heteroatoms. The Balaban J connectivity index is 0.00000121. The zero-order valence-corrected chi connectivity index (χ0v) is 7.17. The van der Waals surface area contributed by atoms with Crippen LogP contribution in [0.4, 0.5) is 0 Å². The van der Waals surface area contributed by atoms with Crippen molar-refractivity contribution in [3.63, 3.8) is 0 Å². The van der Waals surface area contributed by atoms with Crippen LogP contribution < -0.4 is 5.90 Å². The van der Waals surface area contributed by atoms with Gasteiger partial charge in [0.25, 0.3) is 0 Å². The molecule has 0 bridgehead atoms. The van der Waals surface area contributed by atoms with Crippen LogP contribution in [0.15, 0.2) is 24.3 Å². The lowest BCUT2D eigenvalue weighted by atomic mass is 10.1. The topological polar surface area (TPSA) is 59.0 Å². The first-order valence-electron chi connectivity index (χ1n) is 3.17. The molecule has 0 aliphatic heterocycles. The number of nitriles is 1. The van der Waals surface area contributed by atoms with Crippen LogP contribution in [-0.2, 0) is 11.4 Å². The Labute approximate surface area is 77.1 Å². The van der Waals surface area contributed by atoms with Gasteiger partial charge in [-0.2, -0.15) is 5.26 Å². The van der Waals surface area contributed by atoms with Crippen LogP contribution in [0.25, 0.3) is 0 Å². The summed E-state index contributed by atoms with van der Waals surface area (Å²) in [6.07, 6.45) is 0. The monoisotopic (exact) mass is 184 g/mol. The molecule has 3 nitrogen and oxygen atoms in total. The predicted molar refractivity (Wildman–Crippen MR) is 47.4 cm³/mol. The molecule has 0 aliphatic carbocycles. The number of nitrogens with two attached hydrogens (primary N) is 1. The summed E-state index contributed by atoms with van der Waals surface area (Å²) in [5.74, 6) is 4.87. The van der Waals surface area contributed by atoms with Gasteiger partial charge >= 0.3 is 0 Å². The van der Waals surface area contributed by atoms with Gasteiger partial charge in [-0.05, 0) is 17.7 Å². The van der Waals surface area contributed by atoms with Crippen LogP contribution in [-0.4, -0.2) is 0 Å². The second-order valence-corrected chi connectivity index (χ2v) is 2.12. The van der Waals surface area contributed by atoms with Crippen molar-refractivity contribution in [1.29, 1.82) is 5.26 Å². The Morgan fingerprint density at radius 3 is 2.83 bits per heavy atom. The Morgan fingerprint density at radius 2 is 2.25 bits per heavy atom. The van der Waals surface area contributed by atoms with E-state index in [1.54, 1.807) is 18.2 Å². The van der Waals surface area contributed by atoms with Gasteiger partial charge in [0.15, 0.2) is 0 Å². The van der Waals surface area contributed by atoms with Gasteiger partial charge in [-0.25, -0.2) is 5.90 Å². The molecule has 0 atom stereocenters. The van der Waals surface area contributed by atoms with Crippen LogP contribution in [0.3, 0.4) is 0 Å². The van der Waals surface area contributed by atoms with Crippen molar-refractivity contribution in [2.75, 3.05) is 0 Å². The second-order valence-electron chi connectivity index (χ2n) is 2.12. The molecule has 0 amide bonds. The quantitative estimate of drug-likeness (QED) is 0.707. The lowest BCUT2D eigenvalue weighted by molar-refractivity contribution is 0.124. The maximum Gasteiger partial charge on any atom is 0.0991 e. The summed E-state index contributed by atoms with van der Waals surface area (Å²) < 4.78 is 0. The molecule has 2 N–H and O–H groups in total. The molecule has 0 spiro atoms. The minimum atomic E-state index is 0. The van der Waals surface area contributed by atoms with E-state index in [4.69, 9.17) is 11.2 Å². The average Bonchev–Trinajstić information content (AvgIpc) is 2.06. The van der Waals surface area contributed by atoms with Crippen molar-refractivity contribution in [3.8, 4) is 6.07 Å². The molecule has 1 aromatic carbocycles. The Hall–Kier alpha value is -1.08. The minimum Gasteiger partial charge on any atom is -0.300 e. The number of halogens is 1. The number of benzene rings is 1. The summed E-state index contributed by atoms with van der Waals surface area (Å²) >= 11 is 0. The molecule has 0 saturated carbocycles. The van der Waals surface area contributed by atoms with Gasteiger partial charge in [-0.15, -0.1) is 12.4 Å². The lowest BCUT2D eigenvalue weighted by Crippen LogP contribution is -1.98. The summed E-state index contributed by atoms with van der Waals surface area (Å²) in [7, 11) is 0. The van der Waals surface area contributed by atoms with Crippen LogP contribution in [0.2, 0.25) is 0 Å². The van der Waals surface area contributed by atoms with Gasteiger partial charge in [0, 0.05) is 0 Å². The molecular formula is C8H9ClN2O. The highest BCUT2D eigenvalue weighted by atomic mass is 35.5. The second kappa shape index (κ2) is 5.56. The SMILES string of the molecule is Cl.N#Cc1cccc(CON)c1. The van der Waals surface area contributed by atoms with Crippen molar-refractivity contribution >= 4 is 12.4 Å². The van der Waals surface area contributed by atoms with Gasteiger partial charge in [-0.1, -0.05) is 12.1 Å². The van der Waals surface area contributed by atoms with E-state index in [9.17, 15) is 0 Å². The predicted octanol–water partition coefficient (Wildman–Crippen LogP) is 1.37. The van der Waals surface area contributed by atoms with E-state index in [1.165, 1.54) is 0 Å². The number of nitrogens with zero attached hydrogens (tertiary/aromatic N) is 1. The minimum absolute atomic E-state index is 0. The van der Waals surface area contributed by atoms with Crippen LogP contribution >= 0.6 is 12.4 Å². The Morgan fingerprint density at radius 1 is 1.50 bits per heavy atom. The number of hydrogen-bond acceptors (Lipinski definition) is 3. The van der Waals surface area contributed by atoms with Crippen molar-refractivity contribution in [3.05, 3.63) is 35.4 Å². The molecule has 1 rings (SSSR count). The fourth-order valence-electron chi connectivity index (χ4n) is 0.827. The van der Waals surface area contributed by atoms with E-state index in [1.807, 2.05) is 12.1 Å². The van der Waals surface area contributed by atoms with Crippen molar-refractivity contribution in [2.45, 2.75) is 6.61 Å². The maximum atomic E-state index is 8.51. The normalized spacial score (nSPS) is 8.33. The third kappa shape index (κ3) is 2.89. The fourth-order valence-corrected chi connectivity index (χ4v) is 0.827. The zero-order chi connectivity index (χ0) is 8.10. The lowest BCUT2D eigenvalue weighted by Gasteiger charge is -1.97. The van der Waals surface area contributed by atoms with E-state index in [-0.39, 0.29) is 12.4 Å². The molecule has 0 heterocycles. The van der Waals surface area contributed by atoms with Gasteiger partial charge in [0.05, 0.1) is 18.2 Å². The van der Waals surface area contributed by atoms with E-state index < -0.39 is 0 Å². The maximum absolute atomic E-state index is 8.51. The van der Waals surface area contributed by atoms with Gasteiger partial charge in [0.1, 0.15) is 0 Å². The number of rotatable bonds is 2. The Kier molecular flexibility index (Phi) is 5.06. The average molecular weight is 185 g/mol. The van der Waals surface area contributed by atoms with Gasteiger partial charge in [0.2, 0.25) is 0 Å². The zero-order valence-electron chi connectivity index (χ0n) is 6.36. The molecule has 12 heavy (non-hydrogen) atoms. The summed E-state index contributed by atoms with van der Waals surface area (Å²) in [4.78, 5) is 4.42. The summed E-state index contributed by atoms with van der Waals surface area (Å²) in [6.45, 7) is 0.343. The first kappa shape index (κ1) is 10.9. The van der Waals surface area contributed by atoms with E-state index in [0.717, 1.165) is 5.56 Å².